The van der Waals surface area contributed by atoms with Crippen LogP contribution in [0, 0.1) is 5.95 Å². The molecule has 0 radical (unpaired) electrons. The van der Waals surface area contributed by atoms with Gasteiger partial charge in [0.25, 0.3) is 0 Å². The van der Waals surface area contributed by atoms with E-state index in [0.717, 1.165) is 0 Å². The zero-order chi connectivity index (χ0) is 8.55. The van der Waals surface area contributed by atoms with Crippen molar-refractivity contribution in [3.05, 3.63) is 30.3 Å². The van der Waals surface area contributed by atoms with Crippen molar-refractivity contribution in [3.8, 4) is 5.75 Å². The van der Waals surface area contributed by atoms with Crippen molar-refractivity contribution in [1.82, 2.24) is 9.61 Å². The molecule has 2 rings (SSSR count). The second-order valence-corrected chi connectivity index (χ2v) is 2.35. The van der Waals surface area contributed by atoms with Gasteiger partial charge in [-0.3, -0.25) is 0 Å². The number of nitrogens with zero attached hydrogens (tertiary/aromatic N) is 2. The van der Waals surface area contributed by atoms with E-state index in [1.807, 2.05) is 0 Å². The Labute approximate surface area is 68.4 Å². The lowest BCUT2D eigenvalue weighted by Crippen LogP contribution is -1.95. The highest BCUT2D eigenvalue weighted by molar-refractivity contribution is 5.58. The number of halogens is 1. The highest BCUT2D eigenvalue weighted by Crippen LogP contribution is 2.19. The predicted octanol–water partition coefficient (Wildman–Crippen LogP) is 1.48. The molecule has 0 aromatic carbocycles. The normalized spacial score (nSPS) is 10.5. The average Bonchev–Trinajstić information content (AvgIpc) is 2.54. The van der Waals surface area contributed by atoms with Crippen LogP contribution in [0.15, 0.2) is 24.4 Å². The number of ether oxygens (including phenoxy) is 1. The Morgan fingerprint density at radius 1 is 1.42 bits per heavy atom. The van der Waals surface area contributed by atoms with Gasteiger partial charge in [0.1, 0.15) is 11.3 Å². The van der Waals surface area contributed by atoms with Gasteiger partial charge in [0.2, 0.25) is 5.95 Å². The molecule has 2 heterocycles. The third-order valence-electron chi connectivity index (χ3n) is 1.69. The van der Waals surface area contributed by atoms with Crippen molar-refractivity contribution in [2.24, 2.45) is 0 Å². The average molecular weight is 166 g/mol. The number of hydrogen-bond donors (Lipinski definition) is 0. The summed E-state index contributed by atoms with van der Waals surface area (Å²) in [7, 11) is 1.54. The first-order chi connectivity index (χ1) is 5.83. The fourth-order valence-corrected chi connectivity index (χ4v) is 1.13. The summed E-state index contributed by atoms with van der Waals surface area (Å²) in [5.41, 5.74) is 0.637. The molecule has 0 saturated heterocycles. The molecular formula is C8H7FN2O. The molecule has 62 valence electrons. The number of pyridine rings is 1. The van der Waals surface area contributed by atoms with E-state index < -0.39 is 5.95 Å². The van der Waals surface area contributed by atoms with Crippen LogP contribution in [-0.4, -0.2) is 16.7 Å². The van der Waals surface area contributed by atoms with Crippen molar-refractivity contribution in [2.75, 3.05) is 7.11 Å². The molecule has 0 fully saturated rings. The first-order valence-corrected chi connectivity index (χ1v) is 3.49. The van der Waals surface area contributed by atoms with Crippen LogP contribution in [0.4, 0.5) is 4.39 Å². The molecule has 0 bridgehead atoms. The Hall–Kier alpha value is -1.58. The Morgan fingerprint density at radius 2 is 2.25 bits per heavy atom. The van der Waals surface area contributed by atoms with Crippen molar-refractivity contribution in [3.63, 3.8) is 0 Å². The molecule has 0 spiro atoms. The van der Waals surface area contributed by atoms with Crippen molar-refractivity contribution < 1.29 is 9.13 Å². The number of rotatable bonds is 1. The summed E-state index contributed by atoms with van der Waals surface area (Å²) in [6, 6.07) is 4.59. The topological polar surface area (TPSA) is 26.5 Å². The van der Waals surface area contributed by atoms with Gasteiger partial charge < -0.3 is 4.74 Å². The summed E-state index contributed by atoms with van der Waals surface area (Å²) in [5.74, 6) is 0.227. The molecule has 0 aliphatic heterocycles. The van der Waals surface area contributed by atoms with Gasteiger partial charge in [-0.2, -0.15) is 9.49 Å². The van der Waals surface area contributed by atoms with Crippen LogP contribution in [0.3, 0.4) is 0 Å². The lowest BCUT2D eigenvalue weighted by Gasteiger charge is -2.01. The Morgan fingerprint density at radius 3 is 3.00 bits per heavy atom. The molecule has 4 heteroatoms. The molecule has 2 aromatic heterocycles. The van der Waals surface area contributed by atoms with Crippen LogP contribution in [0.5, 0.6) is 5.75 Å². The maximum absolute atomic E-state index is 13.0. The van der Waals surface area contributed by atoms with E-state index >= 15 is 0 Å². The van der Waals surface area contributed by atoms with E-state index in [1.165, 1.54) is 16.8 Å². The molecule has 3 nitrogen and oxygen atoms in total. The second-order valence-electron chi connectivity index (χ2n) is 2.35. The Bertz CT molecular complexity index is 410. The van der Waals surface area contributed by atoms with Gasteiger partial charge in [-0.1, -0.05) is 0 Å². The fourth-order valence-electron chi connectivity index (χ4n) is 1.13. The predicted molar refractivity (Wildman–Crippen MR) is 41.7 cm³/mol. The minimum atomic E-state index is -0.393. The van der Waals surface area contributed by atoms with Crippen molar-refractivity contribution in [1.29, 1.82) is 0 Å². The molecular weight excluding hydrogens is 159 g/mol. The van der Waals surface area contributed by atoms with Crippen LogP contribution in [-0.2, 0) is 0 Å². The van der Waals surface area contributed by atoms with Gasteiger partial charge in [-0.05, 0) is 18.2 Å². The van der Waals surface area contributed by atoms with E-state index in [1.54, 1.807) is 19.2 Å². The van der Waals surface area contributed by atoms with Gasteiger partial charge in [0.15, 0.2) is 0 Å². The van der Waals surface area contributed by atoms with Gasteiger partial charge in [-0.15, -0.1) is 0 Å². The van der Waals surface area contributed by atoms with Crippen molar-refractivity contribution >= 4 is 5.52 Å². The summed E-state index contributed by atoms with van der Waals surface area (Å²) in [6.07, 6.45) is 1.53. The number of aromatic nitrogens is 2. The first kappa shape index (κ1) is 7.09. The highest BCUT2D eigenvalue weighted by Gasteiger charge is 2.04. The zero-order valence-corrected chi connectivity index (χ0v) is 6.49. The standard InChI is InChI=1S/C8H7FN2O/c1-12-7-2-3-8(9)11-6(7)4-5-10-11/h2-5H,1H3. The number of hydrogen-bond acceptors (Lipinski definition) is 2. The lowest BCUT2D eigenvalue weighted by molar-refractivity contribution is 0.414. The molecule has 0 saturated carbocycles. The maximum atomic E-state index is 13.0. The summed E-state index contributed by atoms with van der Waals surface area (Å²) < 4.78 is 19.2. The summed E-state index contributed by atoms with van der Waals surface area (Å²) >= 11 is 0. The van der Waals surface area contributed by atoms with Crippen molar-refractivity contribution in [2.45, 2.75) is 0 Å². The molecule has 0 atom stereocenters. The van der Waals surface area contributed by atoms with E-state index in [2.05, 4.69) is 5.10 Å². The summed E-state index contributed by atoms with van der Waals surface area (Å²) in [5, 5.41) is 3.79. The van der Waals surface area contributed by atoms with Crippen LogP contribution in [0.25, 0.3) is 5.52 Å². The Balaban J connectivity index is 2.82. The van der Waals surface area contributed by atoms with E-state index in [4.69, 9.17) is 4.74 Å². The monoisotopic (exact) mass is 166 g/mol. The third kappa shape index (κ3) is 0.845. The van der Waals surface area contributed by atoms with E-state index in [0.29, 0.717) is 11.3 Å². The second kappa shape index (κ2) is 2.48. The molecule has 0 amide bonds. The zero-order valence-electron chi connectivity index (χ0n) is 6.49. The minimum absolute atomic E-state index is 0.393. The van der Waals surface area contributed by atoms with Crippen LogP contribution in [0.1, 0.15) is 0 Å². The van der Waals surface area contributed by atoms with Gasteiger partial charge >= 0.3 is 0 Å². The molecule has 0 N–H and O–H groups in total. The van der Waals surface area contributed by atoms with Gasteiger partial charge in [0, 0.05) is 0 Å². The maximum Gasteiger partial charge on any atom is 0.214 e. The van der Waals surface area contributed by atoms with Crippen LogP contribution in [0.2, 0.25) is 0 Å². The third-order valence-corrected chi connectivity index (χ3v) is 1.69. The molecule has 12 heavy (non-hydrogen) atoms. The molecule has 0 unspecified atom stereocenters. The molecule has 0 aliphatic rings. The highest BCUT2D eigenvalue weighted by atomic mass is 19.1. The number of methoxy groups -OCH3 is 1. The lowest BCUT2D eigenvalue weighted by atomic mass is 10.4. The smallest absolute Gasteiger partial charge is 0.214 e. The first-order valence-electron chi connectivity index (χ1n) is 3.49. The van der Waals surface area contributed by atoms with Gasteiger partial charge in [-0.25, -0.2) is 4.52 Å². The van der Waals surface area contributed by atoms with E-state index in [-0.39, 0.29) is 0 Å². The van der Waals surface area contributed by atoms with Crippen LogP contribution >= 0.6 is 0 Å². The molecule has 0 aliphatic carbocycles. The minimum Gasteiger partial charge on any atom is -0.494 e. The summed E-state index contributed by atoms with van der Waals surface area (Å²) in [4.78, 5) is 0. The summed E-state index contributed by atoms with van der Waals surface area (Å²) in [6.45, 7) is 0. The fraction of sp³-hybridized carbons (Fsp3) is 0.125. The SMILES string of the molecule is COc1ccc(F)n2nccc12. The largest absolute Gasteiger partial charge is 0.494 e. The van der Waals surface area contributed by atoms with Crippen LogP contribution < -0.4 is 4.74 Å². The quantitative estimate of drug-likeness (QED) is 0.600. The van der Waals surface area contributed by atoms with Gasteiger partial charge in [0.05, 0.1) is 13.3 Å². The molecule has 2 aromatic rings. The number of fused-ring (bicyclic) bond motifs is 1. The Kier molecular flexibility index (Phi) is 1.46. The van der Waals surface area contributed by atoms with E-state index in [9.17, 15) is 4.39 Å².